The Labute approximate surface area is 176 Å². The minimum atomic E-state index is 0.0507. The molecule has 1 amide bonds. The maximum Gasteiger partial charge on any atom is 0.251 e. The van der Waals surface area contributed by atoms with Crippen molar-refractivity contribution in [2.75, 3.05) is 50.8 Å². The zero-order chi connectivity index (χ0) is 19.6. The van der Waals surface area contributed by atoms with Crippen LogP contribution in [0.5, 0.6) is 0 Å². The number of amides is 1. The molecule has 4 aliphatic heterocycles. The molecule has 4 saturated heterocycles. The molecule has 4 aliphatic rings. The lowest BCUT2D eigenvalue weighted by Crippen LogP contribution is -2.57. The predicted molar refractivity (Wildman–Crippen MR) is 115 cm³/mol. The number of nitrogens with one attached hydrogen (secondary N) is 2. The summed E-state index contributed by atoms with van der Waals surface area (Å²) in [5.74, 6) is 1.84. The van der Waals surface area contributed by atoms with Gasteiger partial charge in [-0.1, -0.05) is 11.8 Å². The summed E-state index contributed by atoms with van der Waals surface area (Å²) in [5.41, 5.74) is 0.742. The maximum absolute atomic E-state index is 12.7. The van der Waals surface area contributed by atoms with Gasteiger partial charge in [-0.15, -0.1) is 0 Å². The smallest absolute Gasteiger partial charge is 0.251 e. The van der Waals surface area contributed by atoms with Crippen LogP contribution in [0.1, 0.15) is 23.2 Å². The first-order valence-corrected chi connectivity index (χ1v) is 11.4. The zero-order valence-electron chi connectivity index (χ0n) is 16.6. The van der Waals surface area contributed by atoms with Gasteiger partial charge in [0.2, 0.25) is 0 Å². The number of carbonyl (C=O) groups excluding carboxylic acids is 1. The van der Waals surface area contributed by atoms with Crippen LogP contribution in [0.25, 0.3) is 0 Å². The highest BCUT2D eigenvalue weighted by Crippen LogP contribution is 2.30. The van der Waals surface area contributed by atoms with E-state index in [2.05, 4.69) is 32.2 Å². The maximum atomic E-state index is 12.7. The Morgan fingerprint density at radius 2 is 1.79 bits per heavy atom. The molecular formula is C22H28N4O2S. The van der Waals surface area contributed by atoms with Crippen molar-refractivity contribution in [2.24, 2.45) is 5.92 Å². The summed E-state index contributed by atoms with van der Waals surface area (Å²) in [6.07, 6.45) is 2.42. The normalized spacial score (nSPS) is 26.5. The van der Waals surface area contributed by atoms with Crippen LogP contribution in [0.2, 0.25) is 0 Å². The summed E-state index contributed by atoms with van der Waals surface area (Å²) in [5, 5.41) is 4.37. The SMILES string of the molecule is O=C(N[C@H]1CN2CCC1CC2)c1ccc(Sc2ccc(N3CCOCC3)[nH]2)cc1. The van der Waals surface area contributed by atoms with Gasteiger partial charge in [-0.3, -0.25) is 4.79 Å². The van der Waals surface area contributed by atoms with Gasteiger partial charge in [0.15, 0.2) is 0 Å². The number of H-pyrrole nitrogens is 1. The number of nitrogens with zero attached hydrogens (tertiary/aromatic N) is 2. The second kappa shape index (κ2) is 8.42. The third-order valence-electron chi connectivity index (χ3n) is 6.31. The molecule has 5 heterocycles. The van der Waals surface area contributed by atoms with Gasteiger partial charge in [-0.25, -0.2) is 0 Å². The Hall–Kier alpha value is -1.96. The third-order valence-corrected chi connectivity index (χ3v) is 7.28. The summed E-state index contributed by atoms with van der Waals surface area (Å²) < 4.78 is 5.42. The monoisotopic (exact) mass is 412 g/mol. The van der Waals surface area contributed by atoms with Gasteiger partial charge in [0.1, 0.15) is 5.82 Å². The number of fused-ring (bicyclic) bond motifs is 3. The molecule has 154 valence electrons. The number of aromatic amines is 1. The number of carbonyl (C=O) groups is 1. The van der Waals surface area contributed by atoms with Crippen LogP contribution in [0.4, 0.5) is 5.82 Å². The Morgan fingerprint density at radius 3 is 2.48 bits per heavy atom. The van der Waals surface area contributed by atoms with Gasteiger partial charge in [0, 0.05) is 36.1 Å². The van der Waals surface area contributed by atoms with Gasteiger partial charge in [0.25, 0.3) is 5.91 Å². The Balaban J connectivity index is 1.18. The van der Waals surface area contributed by atoms with Crippen LogP contribution in [-0.4, -0.2) is 67.8 Å². The lowest BCUT2D eigenvalue weighted by Gasteiger charge is -2.44. The number of ether oxygens (including phenoxy) is 1. The number of hydrogen-bond donors (Lipinski definition) is 2. The van der Waals surface area contributed by atoms with E-state index in [9.17, 15) is 4.79 Å². The number of anilines is 1. The minimum absolute atomic E-state index is 0.0507. The molecule has 4 fully saturated rings. The van der Waals surface area contributed by atoms with Crippen molar-refractivity contribution in [3.8, 4) is 0 Å². The number of piperidine rings is 3. The summed E-state index contributed by atoms with van der Waals surface area (Å²) in [7, 11) is 0. The third kappa shape index (κ3) is 4.32. The second-order valence-corrected chi connectivity index (χ2v) is 9.27. The number of rotatable bonds is 5. The van der Waals surface area contributed by atoms with Crippen molar-refractivity contribution in [3.63, 3.8) is 0 Å². The Bertz CT molecular complexity index is 839. The van der Waals surface area contributed by atoms with E-state index in [1.165, 1.54) is 25.9 Å². The van der Waals surface area contributed by atoms with Gasteiger partial charge >= 0.3 is 0 Å². The number of aromatic nitrogens is 1. The molecule has 0 saturated carbocycles. The van der Waals surface area contributed by atoms with Crippen molar-refractivity contribution in [1.29, 1.82) is 0 Å². The quantitative estimate of drug-likeness (QED) is 0.791. The standard InChI is InChI=1S/C22H28N4O2S/c27-22(23-19-15-25-9-7-16(19)8-10-25)17-1-3-18(4-2-17)29-21-6-5-20(24-21)26-11-13-28-14-12-26/h1-6,16,19,24H,7-15H2,(H,23,27)/t19-/m0/s1. The summed E-state index contributed by atoms with van der Waals surface area (Å²) in [6.45, 7) is 6.80. The molecule has 0 spiro atoms. The van der Waals surface area contributed by atoms with E-state index in [0.717, 1.165) is 54.2 Å². The van der Waals surface area contributed by atoms with Crippen molar-refractivity contribution in [3.05, 3.63) is 42.0 Å². The molecule has 29 heavy (non-hydrogen) atoms. The molecule has 2 aromatic rings. The van der Waals surface area contributed by atoms with Crippen LogP contribution in [0, 0.1) is 5.92 Å². The van der Waals surface area contributed by atoms with E-state index in [4.69, 9.17) is 4.74 Å². The summed E-state index contributed by atoms with van der Waals surface area (Å²) in [4.78, 5) is 22.1. The molecule has 1 aromatic heterocycles. The average molecular weight is 413 g/mol. The number of morpholine rings is 1. The van der Waals surface area contributed by atoms with E-state index < -0.39 is 0 Å². The number of benzene rings is 1. The van der Waals surface area contributed by atoms with Crippen LogP contribution in [-0.2, 0) is 4.74 Å². The molecule has 6 nitrogen and oxygen atoms in total. The second-order valence-electron chi connectivity index (χ2n) is 8.15. The molecule has 2 N–H and O–H groups in total. The first-order valence-electron chi connectivity index (χ1n) is 10.6. The first-order chi connectivity index (χ1) is 14.2. The highest BCUT2D eigenvalue weighted by atomic mass is 32.2. The molecule has 0 radical (unpaired) electrons. The fraction of sp³-hybridized carbons (Fsp3) is 0.500. The van der Waals surface area contributed by atoms with E-state index in [1.807, 2.05) is 24.3 Å². The number of hydrogen-bond acceptors (Lipinski definition) is 5. The molecule has 6 rings (SSSR count). The fourth-order valence-corrected chi connectivity index (χ4v) is 5.41. The van der Waals surface area contributed by atoms with Crippen LogP contribution in [0.3, 0.4) is 0 Å². The fourth-order valence-electron chi connectivity index (χ4n) is 4.59. The van der Waals surface area contributed by atoms with Crippen molar-refractivity contribution in [1.82, 2.24) is 15.2 Å². The predicted octanol–water partition coefficient (Wildman–Crippen LogP) is 2.83. The molecule has 2 bridgehead atoms. The molecule has 0 unspecified atom stereocenters. The lowest BCUT2D eigenvalue weighted by atomic mass is 9.84. The van der Waals surface area contributed by atoms with Gasteiger partial charge in [-0.2, -0.15) is 0 Å². The highest BCUT2D eigenvalue weighted by molar-refractivity contribution is 7.99. The largest absolute Gasteiger partial charge is 0.378 e. The molecule has 1 atom stereocenters. The van der Waals surface area contributed by atoms with E-state index in [1.54, 1.807) is 11.8 Å². The molecule has 0 aliphatic carbocycles. The topological polar surface area (TPSA) is 60.6 Å². The van der Waals surface area contributed by atoms with Crippen LogP contribution < -0.4 is 10.2 Å². The Morgan fingerprint density at radius 1 is 1.03 bits per heavy atom. The van der Waals surface area contributed by atoms with E-state index in [0.29, 0.717) is 12.0 Å². The van der Waals surface area contributed by atoms with E-state index >= 15 is 0 Å². The summed E-state index contributed by atoms with van der Waals surface area (Å²) >= 11 is 1.69. The van der Waals surface area contributed by atoms with Crippen molar-refractivity contribution < 1.29 is 9.53 Å². The van der Waals surface area contributed by atoms with Crippen molar-refractivity contribution >= 4 is 23.5 Å². The van der Waals surface area contributed by atoms with Crippen LogP contribution in [0.15, 0.2) is 46.3 Å². The minimum Gasteiger partial charge on any atom is -0.378 e. The van der Waals surface area contributed by atoms with Gasteiger partial charge < -0.3 is 24.8 Å². The van der Waals surface area contributed by atoms with Crippen LogP contribution >= 0.6 is 11.8 Å². The van der Waals surface area contributed by atoms with Crippen molar-refractivity contribution in [2.45, 2.75) is 28.8 Å². The highest BCUT2D eigenvalue weighted by Gasteiger charge is 2.34. The lowest BCUT2D eigenvalue weighted by molar-refractivity contribution is 0.0620. The van der Waals surface area contributed by atoms with Gasteiger partial charge in [-0.05, 0) is 68.2 Å². The molecule has 7 heteroatoms. The van der Waals surface area contributed by atoms with Gasteiger partial charge in [0.05, 0.1) is 18.2 Å². The average Bonchev–Trinajstić information content (AvgIpc) is 3.24. The molecule has 1 aromatic carbocycles. The summed E-state index contributed by atoms with van der Waals surface area (Å²) in [6, 6.07) is 12.5. The zero-order valence-corrected chi connectivity index (χ0v) is 17.4. The Kier molecular flexibility index (Phi) is 5.52. The molecular weight excluding hydrogens is 384 g/mol. The first kappa shape index (κ1) is 19.0. The van der Waals surface area contributed by atoms with E-state index in [-0.39, 0.29) is 5.91 Å².